The molecule has 238 valence electrons. The Morgan fingerprint density at radius 1 is 1.26 bits per heavy atom. The fourth-order valence-corrected chi connectivity index (χ4v) is 8.87. The van der Waals surface area contributed by atoms with Crippen LogP contribution in [-0.4, -0.2) is 67.2 Å². The quantitative estimate of drug-likeness (QED) is 0.210. The van der Waals surface area contributed by atoms with E-state index in [0.29, 0.717) is 35.3 Å². The van der Waals surface area contributed by atoms with Gasteiger partial charge >= 0.3 is 5.97 Å². The zero-order valence-corrected chi connectivity index (χ0v) is 28.6. The molecule has 1 aromatic carbocycles. The Labute approximate surface area is 275 Å². The number of pyridine rings is 1. The molecule has 2 saturated heterocycles. The fraction of sp³-hybridized carbons (Fsp3) is 0.429. The van der Waals surface area contributed by atoms with Crippen molar-refractivity contribution in [2.75, 3.05) is 20.3 Å². The number of aromatic nitrogens is 3. The van der Waals surface area contributed by atoms with Crippen LogP contribution in [0.4, 0.5) is 0 Å². The van der Waals surface area contributed by atoms with Crippen molar-refractivity contribution in [2.45, 2.75) is 69.7 Å². The number of benzene rings is 1. The van der Waals surface area contributed by atoms with Gasteiger partial charge in [-0.15, -0.1) is 11.3 Å². The van der Waals surface area contributed by atoms with Gasteiger partial charge < -0.3 is 14.0 Å². The van der Waals surface area contributed by atoms with E-state index in [1.807, 2.05) is 19.2 Å². The van der Waals surface area contributed by atoms with Gasteiger partial charge in [-0.05, 0) is 62.1 Å². The Morgan fingerprint density at radius 3 is 2.85 bits per heavy atom. The average Bonchev–Trinajstić information content (AvgIpc) is 3.59. The van der Waals surface area contributed by atoms with Crippen molar-refractivity contribution in [1.29, 1.82) is 0 Å². The average molecular weight is 654 g/mol. The Bertz CT molecular complexity index is 1840. The van der Waals surface area contributed by atoms with Crippen molar-refractivity contribution in [3.05, 3.63) is 64.8 Å². The third kappa shape index (κ3) is 5.53. The second-order valence-corrected chi connectivity index (χ2v) is 16.0. The molecule has 9 nitrogen and oxygen atoms in total. The first-order valence-corrected chi connectivity index (χ1v) is 17.9. The second-order valence-electron chi connectivity index (χ2n) is 13.4. The van der Waals surface area contributed by atoms with Crippen LogP contribution in [0.15, 0.2) is 48.5 Å². The highest BCUT2D eigenvalue weighted by Gasteiger charge is 2.53. The van der Waals surface area contributed by atoms with Gasteiger partial charge in [0.1, 0.15) is 6.04 Å². The summed E-state index contributed by atoms with van der Waals surface area (Å²) in [5.74, 6) is -0.244. The van der Waals surface area contributed by atoms with Crippen LogP contribution >= 0.6 is 11.3 Å². The molecule has 2 radical (unpaired) electrons. The lowest BCUT2D eigenvalue weighted by Crippen LogP contribution is -2.56. The fourth-order valence-electron chi connectivity index (χ4n) is 6.75. The lowest BCUT2D eigenvalue weighted by atomic mass is 9.84. The van der Waals surface area contributed by atoms with Gasteiger partial charge in [-0.25, -0.2) is 10.4 Å². The summed E-state index contributed by atoms with van der Waals surface area (Å²) in [6.07, 6.45) is 6.05. The third-order valence-electron chi connectivity index (χ3n) is 9.41. The van der Waals surface area contributed by atoms with Gasteiger partial charge in [0, 0.05) is 64.8 Å². The number of carbonyl (C=O) groups is 2. The Hall–Kier alpha value is -3.64. The van der Waals surface area contributed by atoms with Crippen molar-refractivity contribution in [3.8, 4) is 22.5 Å². The van der Waals surface area contributed by atoms with Crippen molar-refractivity contribution < 1.29 is 19.1 Å². The Balaban J connectivity index is 1.40. The second kappa shape index (κ2) is 11.9. The number of rotatable bonds is 4. The molecule has 7 rings (SSSR count). The largest absolute Gasteiger partial charge is 0.464 e. The molecule has 1 spiro atoms. The van der Waals surface area contributed by atoms with Crippen molar-refractivity contribution in [2.24, 2.45) is 5.41 Å². The molecule has 3 aliphatic heterocycles. The van der Waals surface area contributed by atoms with Crippen LogP contribution in [0, 0.1) is 5.41 Å². The summed E-state index contributed by atoms with van der Waals surface area (Å²) >= 11 is 1.61. The van der Waals surface area contributed by atoms with Crippen LogP contribution in [0.2, 0.25) is 11.1 Å². The number of esters is 1. The number of nitrogens with zero attached hydrogens (tertiary/aromatic N) is 4. The first-order chi connectivity index (χ1) is 22.1. The lowest BCUT2D eigenvalue weighted by Gasteiger charge is -2.35. The van der Waals surface area contributed by atoms with Crippen molar-refractivity contribution in [3.63, 3.8) is 0 Å². The number of thiazole rings is 1. The molecule has 46 heavy (non-hydrogen) atoms. The van der Waals surface area contributed by atoms with E-state index in [4.69, 9.17) is 19.4 Å². The summed E-state index contributed by atoms with van der Waals surface area (Å²) in [7, 11) is 2.25. The van der Waals surface area contributed by atoms with Crippen molar-refractivity contribution >= 4 is 49.8 Å². The zero-order valence-electron chi connectivity index (χ0n) is 26.8. The lowest BCUT2D eigenvalue weighted by molar-refractivity contribution is -0.155. The van der Waals surface area contributed by atoms with E-state index < -0.39 is 16.5 Å². The number of fused-ring (bicyclic) bond motifs is 6. The minimum Gasteiger partial charge on any atom is -0.464 e. The molecular formula is C35H39N5O4SSi. The Kier molecular flexibility index (Phi) is 7.99. The van der Waals surface area contributed by atoms with E-state index >= 15 is 0 Å². The number of carbonyl (C=O) groups excluding carboxylic acids is 2. The topological polar surface area (TPSA) is 98.6 Å². The molecule has 1 unspecified atom stereocenters. The number of ether oxygens (including phenoxy) is 2. The van der Waals surface area contributed by atoms with Crippen LogP contribution in [-0.2, 0) is 31.9 Å². The molecule has 11 heteroatoms. The molecule has 3 aliphatic rings. The first kappa shape index (κ1) is 31.0. The zero-order chi connectivity index (χ0) is 32.2. The van der Waals surface area contributed by atoms with E-state index in [2.05, 4.69) is 60.1 Å². The maximum Gasteiger partial charge on any atom is 0.324 e. The van der Waals surface area contributed by atoms with Gasteiger partial charge in [0.15, 0.2) is 0 Å². The standard InChI is InChI=1S/C35H39N5O4SSi/c1-6-39-28-12-11-22-15-24(28)25(31(39)23-9-7-13-36-30(23)21(2)43-5)16-34(3,4)19-44-32(41)26-10-8-14-40(38-26)33(42)35(20-46-35)17-29-37-27(22)18-45-29/h6-7,9,11-13,15,18,21,26,38H,1,8,10,14,16-17,19-20H2,2-5H3/t21-,26-,35?/m0/s1. The number of cyclic esters (lactones) is 1. The molecule has 3 atom stereocenters. The van der Waals surface area contributed by atoms with Crippen LogP contribution in [0.3, 0.4) is 0 Å². The van der Waals surface area contributed by atoms with Gasteiger partial charge in [0.2, 0.25) is 5.91 Å². The molecular weight excluding hydrogens is 615 g/mol. The third-order valence-corrected chi connectivity index (χ3v) is 11.9. The van der Waals surface area contributed by atoms with Gasteiger partial charge in [-0.3, -0.25) is 19.6 Å². The number of hydrogen-bond donors (Lipinski definition) is 1. The number of hydrogen-bond acceptors (Lipinski definition) is 8. The molecule has 1 amide bonds. The van der Waals surface area contributed by atoms with Crippen LogP contribution in [0.1, 0.15) is 56.0 Å². The van der Waals surface area contributed by atoms with Gasteiger partial charge in [-0.2, -0.15) is 0 Å². The summed E-state index contributed by atoms with van der Waals surface area (Å²) in [5, 5.41) is 5.39. The number of nitrogens with one attached hydrogen (secondary N) is 1. The number of hydrazine groups is 1. The summed E-state index contributed by atoms with van der Waals surface area (Å²) in [4.78, 5) is 37.0. The monoisotopic (exact) mass is 653 g/mol. The molecule has 4 aromatic rings. The van der Waals surface area contributed by atoms with Gasteiger partial charge in [0.25, 0.3) is 0 Å². The van der Waals surface area contributed by atoms with Crippen molar-refractivity contribution in [1.82, 2.24) is 25.0 Å². The molecule has 2 fully saturated rings. The summed E-state index contributed by atoms with van der Waals surface area (Å²) in [6.45, 7) is 11.3. The highest BCUT2D eigenvalue weighted by atomic mass is 32.1. The normalized spacial score (nSPS) is 23.7. The summed E-state index contributed by atoms with van der Waals surface area (Å²) < 4.78 is 13.9. The summed E-state index contributed by atoms with van der Waals surface area (Å²) in [6, 6.07) is 10.8. The molecule has 0 aliphatic carbocycles. The van der Waals surface area contributed by atoms with E-state index in [1.54, 1.807) is 29.7 Å². The first-order valence-electron chi connectivity index (χ1n) is 15.8. The Morgan fingerprint density at radius 2 is 2.09 bits per heavy atom. The highest BCUT2D eigenvalue weighted by molar-refractivity contribution is 7.10. The minimum absolute atomic E-state index is 0.0726. The van der Waals surface area contributed by atoms with E-state index in [0.717, 1.165) is 62.1 Å². The molecule has 3 aromatic heterocycles. The molecule has 6 heterocycles. The van der Waals surface area contributed by atoms with Crippen LogP contribution < -0.4 is 5.43 Å². The van der Waals surface area contributed by atoms with Gasteiger partial charge in [0.05, 0.1) is 49.8 Å². The predicted molar refractivity (Wildman–Crippen MR) is 181 cm³/mol. The van der Waals surface area contributed by atoms with E-state index in [9.17, 15) is 9.59 Å². The van der Waals surface area contributed by atoms with Crippen LogP contribution in [0.5, 0.6) is 0 Å². The summed E-state index contributed by atoms with van der Waals surface area (Å²) in [5.41, 5.74) is 9.71. The maximum atomic E-state index is 13.7. The van der Waals surface area contributed by atoms with Crippen LogP contribution in [0.25, 0.3) is 39.6 Å². The van der Waals surface area contributed by atoms with E-state index in [-0.39, 0.29) is 24.6 Å². The SMILES string of the molecule is C=Cn1c(-c2cccnc2[C@H](C)OC)c2c3cc(ccc31)-c1csc(n1)CC1(C[Si]1)C(=O)N1CCC[C@H](N1)C(=O)OCC(C)(C)C2. The smallest absolute Gasteiger partial charge is 0.324 e. The molecule has 0 saturated carbocycles. The van der Waals surface area contributed by atoms with E-state index in [1.165, 1.54) is 0 Å². The maximum absolute atomic E-state index is 13.7. The highest BCUT2D eigenvalue weighted by Crippen LogP contribution is 2.51. The predicted octanol–water partition coefficient (Wildman–Crippen LogP) is 6.09. The number of methoxy groups -OCH3 is 1. The number of amides is 1. The molecule has 1 N–H and O–H groups in total. The minimum atomic E-state index is -0.549. The van der Waals surface area contributed by atoms with Gasteiger partial charge in [-0.1, -0.05) is 26.5 Å². The molecule has 6 bridgehead atoms.